The summed E-state index contributed by atoms with van der Waals surface area (Å²) in [4.78, 5) is 10.3. The highest BCUT2D eigenvalue weighted by molar-refractivity contribution is 5.68. The van der Waals surface area contributed by atoms with Gasteiger partial charge < -0.3 is 0 Å². The lowest BCUT2D eigenvalue weighted by Crippen LogP contribution is -2.19. The number of alkyl halides is 3. The first kappa shape index (κ1) is 15.7. The van der Waals surface area contributed by atoms with Gasteiger partial charge in [-0.2, -0.15) is 13.2 Å². The molecule has 0 spiro atoms. The summed E-state index contributed by atoms with van der Waals surface area (Å²) in [6.07, 6.45) is 1.68. The van der Waals surface area contributed by atoms with Gasteiger partial charge >= 0.3 is 6.18 Å². The fourth-order valence-electron chi connectivity index (χ4n) is 2.50. The van der Waals surface area contributed by atoms with Crippen LogP contribution in [0.4, 0.5) is 13.2 Å². The Bertz CT molecular complexity index is 437. The number of rotatable bonds is 3. The van der Waals surface area contributed by atoms with Crippen LogP contribution >= 0.6 is 0 Å². The third-order valence-corrected chi connectivity index (χ3v) is 3.55. The van der Waals surface area contributed by atoms with E-state index in [-0.39, 0.29) is 11.7 Å². The van der Waals surface area contributed by atoms with Crippen LogP contribution in [0.3, 0.4) is 0 Å². The molecule has 0 N–H and O–H groups in total. The van der Waals surface area contributed by atoms with Crippen molar-refractivity contribution in [2.24, 2.45) is 5.41 Å². The molecule has 0 unspecified atom stereocenters. The molecular weight excluding hydrogens is 253 g/mol. The van der Waals surface area contributed by atoms with E-state index in [9.17, 15) is 18.0 Å². The summed E-state index contributed by atoms with van der Waals surface area (Å²) in [6, 6.07) is 0. The molecule has 0 atom stereocenters. The Balaban J connectivity index is 3.09. The molecule has 0 aromatic rings. The van der Waals surface area contributed by atoms with Crippen LogP contribution in [0.1, 0.15) is 40.0 Å². The lowest BCUT2D eigenvalue weighted by molar-refractivity contribution is -0.106. The van der Waals surface area contributed by atoms with Crippen molar-refractivity contribution < 1.29 is 18.0 Å². The summed E-state index contributed by atoms with van der Waals surface area (Å²) in [7, 11) is 0. The zero-order chi connectivity index (χ0) is 14.7. The predicted octanol–water partition coefficient (Wildman–Crippen LogP) is 4.76. The van der Waals surface area contributed by atoms with Crippen LogP contribution < -0.4 is 0 Å². The van der Waals surface area contributed by atoms with Crippen molar-refractivity contribution in [3.8, 4) is 0 Å². The lowest BCUT2D eigenvalue weighted by atomic mass is 9.72. The van der Waals surface area contributed by atoms with E-state index >= 15 is 0 Å². The van der Waals surface area contributed by atoms with E-state index in [0.29, 0.717) is 6.08 Å². The molecule has 0 aromatic heterocycles. The van der Waals surface area contributed by atoms with Gasteiger partial charge in [0, 0.05) is 0 Å². The minimum atomic E-state index is -4.50. The Kier molecular flexibility index (Phi) is 4.77. The van der Waals surface area contributed by atoms with E-state index < -0.39 is 11.7 Å². The Hall–Kier alpha value is -1.32. The average molecular weight is 272 g/mol. The third-order valence-electron chi connectivity index (χ3n) is 3.55. The van der Waals surface area contributed by atoms with E-state index in [1.54, 1.807) is 0 Å². The second-order valence-corrected chi connectivity index (χ2v) is 5.52. The topological polar surface area (TPSA) is 17.1 Å². The third kappa shape index (κ3) is 4.08. The standard InChI is InChI=1S/C15H19F3O/c1-11-5-4-9-14(2,3)13(11)7-6-12(8-10-19)15(16,17)18/h6-8,10H,4-5,9H2,1-3H3/b7-6+,12-8-. The molecule has 0 amide bonds. The molecule has 0 saturated carbocycles. The Labute approximate surface area is 111 Å². The summed E-state index contributed by atoms with van der Waals surface area (Å²) >= 11 is 0. The van der Waals surface area contributed by atoms with Crippen molar-refractivity contribution in [3.05, 3.63) is 34.9 Å². The first-order valence-corrected chi connectivity index (χ1v) is 6.29. The van der Waals surface area contributed by atoms with Crippen molar-refractivity contribution >= 4 is 6.29 Å². The summed E-state index contributed by atoms with van der Waals surface area (Å²) in [6.45, 7) is 6.02. The minimum Gasteiger partial charge on any atom is -0.299 e. The van der Waals surface area contributed by atoms with Crippen LogP contribution in [-0.2, 0) is 4.79 Å². The lowest BCUT2D eigenvalue weighted by Gasteiger charge is -2.33. The Morgan fingerprint density at radius 1 is 1.32 bits per heavy atom. The Morgan fingerprint density at radius 2 is 1.95 bits per heavy atom. The molecule has 1 aliphatic rings. The molecule has 4 heteroatoms. The first-order chi connectivity index (χ1) is 8.68. The molecule has 0 aliphatic heterocycles. The molecular formula is C15H19F3O. The van der Waals surface area contributed by atoms with E-state index in [4.69, 9.17) is 0 Å². The van der Waals surface area contributed by atoms with Crippen molar-refractivity contribution in [1.82, 2.24) is 0 Å². The highest BCUT2D eigenvalue weighted by Crippen LogP contribution is 2.41. The largest absolute Gasteiger partial charge is 0.416 e. The van der Waals surface area contributed by atoms with Gasteiger partial charge in [0.1, 0.15) is 6.29 Å². The monoisotopic (exact) mass is 272 g/mol. The van der Waals surface area contributed by atoms with Crippen molar-refractivity contribution in [2.45, 2.75) is 46.2 Å². The SMILES string of the molecule is CC1=C(/C=C/C(=C/C=O)C(F)(F)F)C(C)(C)CCC1. The number of aldehydes is 1. The zero-order valence-corrected chi connectivity index (χ0v) is 11.5. The molecule has 0 radical (unpaired) electrons. The number of halogens is 3. The summed E-state index contributed by atoms with van der Waals surface area (Å²) < 4.78 is 38.0. The molecule has 1 nitrogen and oxygen atoms in total. The zero-order valence-electron chi connectivity index (χ0n) is 11.5. The summed E-state index contributed by atoms with van der Waals surface area (Å²) in [5.74, 6) is 0. The number of hydrogen-bond donors (Lipinski definition) is 0. The van der Waals surface area contributed by atoms with E-state index in [1.807, 2.05) is 20.8 Å². The highest BCUT2D eigenvalue weighted by Gasteiger charge is 2.32. The van der Waals surface area contributed by atoms with Gasteiger partial charge in [0.25, 0.3) is 0 Å². The van der Waals surface area contributed by atoms with Gasteiger partial charge in [-0.15, -0.1) is 0 Å². The quantitative estimate of drug-likeness (QED) is 0.411. The minimum absolute atomic E-state index is 0.114. The molecule has 0 heterocycles. The van der Waals surface area contributed by atoms with E-state index in [1.165, 1.54) is 6.08 Å². The normalized spacial score (nSPS) is 21.1. The van der Waals surface area contributed by atoms with Gasteiger partial charge in [0.15, 0.2) is 0 Å². The maximum absolute atomic E-state index is 12.7. The molecule has 19 heavy (non-hydrogen) atoms. The van der Waals surface area contributed by atoms with Crippen molar-refractivity contribution in [2.75, 3.05) is 0 Å². The molecule has 0 aromatic carbocycles. The first-order valence-electron chi connectivity index (χ1n) is 6.29. The summed E-state index contributed by atoms with van der Waals surface area (Å²) in [5, 5.41) is 0. The Morgan fingerprint density at radius 3 is 2.42 bits per heavy atom. The van der Waals surface area contributed by atoms with E-state index in [2.05, 4.69) is 0 Å². The van der Waals surface area contributed by atoms with Gasteiger partial charge in [-0.1, -0.05) is 25.5 Å². The van der Waals surface area contributed by atoms with Crippen LogP contribution in [0, 0.1) is 5.41 Å². The molecule has 0 saturated heterocycles. The maximum Gasteiger partial charge on any atom is 0.416 e. The molecule has 1 aliphatic carbocycles. The fraction of sp³-hybridized carbons (Fsp3) is 0.533. The van der Waals surface area contributed by atoms with Gasteiger partial charge in [0.2, 0.25) is 0 Å². The van der Waals surface area contributed by atoms with Crippen molar-refractivity contribution in [1.29, 1.82) is 0 Å². The second kappa shape index (κ2) is 5.76. The van der Waals surface area contributed by atoms with E-state index in [0.717, 1.165) is 36.5 Å². The van der Waals surface area contributed by atoms with Crippen molar-refractivity contribution in [3.63, 3.8) is 0 Å². The number of hydrogen-bond acceptors (Lipinski definition) is 1. The maximum atomic E-state index is 12.7. The van der Waals surface area contributed by atoms with Crippen LogP contribution in [-0.4, -0.2) is 12.5 Å². The molecule has 0 bridgehead atoms. The molecule has 1 rings (SSSR count). The second-order valence-electron chi connectivity index (χ2n) is 5.52. The van der Waals surface area contributed by atoms with Crippen LogP contribution in [0.25, 0.3) is 0 Å². The van der Waals surface area contributed by atoms with Gasteiger partial charge in [0.05, 0.1) is 5.57 Å². The van der Waals surface area contributed by atoms with Gasteiger partial charge in [-0.25, -0.2) is 0 Å². The number of carbonyl (C=O) groups excluding carboxylic acids is 1. The molecule has 106 valence electrons. The van der Waals surface area contributed by atoms with Gasteiger partial charge in [-0.3, -0.25) is 4.79 Å². The van der Waals surface area contributed by atoms with Crippen LogP contribution in [0.15, 0.2) is 34.9 Å². The highest BCUT2D eigenvalue weighted by atomic mass is 19.4. The predicted molar refractivity (Wildman–Crippen MR) is 69.7 cm³/mol. The fourth-order valence-corrected chi connectivity index (χ4v) is 2.50. The van der Waals surface area contributed by atoms with Crippen LogP contribution in [0.2, 0.25) is 0 Å². The number of allylic oxidation sites excluding steroid dienone is 6. The van der Waals surface area contributed by atoms with Crippen LogP contribution in [0.5, 0.6) is 0 Å². The average Bonchev–Trinajstić information content (AvgIpc) is 2.24. The van der Waals surface area contributed by atoms with Gasteiger partial charge in [-0.05, 0) is 49.3 Å². The summed E-state index contributed by atoms with van der Waals surface area (Å²) in [5.41, 5.74) is 1.04. The smallest absolute Gasteiger partial charge is 0.299 e. The number of carbonyl (C=O) groups is 1. The molecule has 0 fully saturated rings.